The van der Waals surface area contributed by atoms with Gasteiger partial charge < -0.3 is 16.0 Å². The van der Waals surface area contributed by atoms with Gasteiger partial charge in [0.05, 0.1) is 11.9 Å². The third-order valence-corrected chi connectivity index (χ3v) is 6.15. The van der Waals surface area contributed by atoms with Crippen LogP contribution in [0.15, 0.2) is 54.7 Å². The first-order valence-corrected chi connectivity index (χ1v) is 12.0. The number of hydrogen-bond donors (Lipinski definition) is 3. The van der Waals surface area contributed by atoms with E-state index in [2.05, 4.69) is 25.9 Å². The molecule has 0 saturated carbocycles. The van der Waals surface area contributed by atoms with Crippen molar-refractivity contribution in [3.05, 3.63) is 71.4 Å². The molecule has 1 heterocycles. The Morgan fingerprint density at radius 1 is 1.03 bits per heavy atom. The molecule has 3 rings (SSSR count). The van der Waals surface area contributed by atoms with Gasteiger partial charge in [-0.3, -0.25) is 4.31 Å². The average molecular weight is 495 g/mol. The molecule has 8 nitrogen and oxygen atoms in total. The van der Waals surface area contributed by atoms with Crippen LogP contribution in [0.4, 0.5) is 36.3 Å². The maximum Gasteiger partial charge on any atom is 0.421 e. The van der Waals surface area contributed by atoms with Gasteiger partial charge in [-0.15, -0.1) is 0 Å². The van der Waals surface area contributed by atoms with Crippen LogP contribution in [0.3, 0.4) is 0 Å². The van der Waals surface area contributed by atoms with Crippen LogP contribution in [-0.4, -0.2) is 38.7 Å². The minimum absolute atomic E-state index is 0.0154. The fourth-order valence-corrected chi connectivity index (χ4v) is 3.68. The molecule has 182 valence electrons. The third-order valence-electron chi connectivity index (χ3n) is 4.96. The second-order valence-corrected chi connectivity index (χ2v) is 9.53. The van der Waals surface area contributed by atoms with E-state index in [-0.39, 0.29) is 12.5 Å². The lowest BCUT2D eigenvalue weighted by Crippen LogP contribution is -2.26. The monoisotopic (exact) mass is 494 g/mol. The van der Waals surface area contributed by atoms with Gasteiger partial charge in [-0.05, 0) is 36.4 Å². The van der Waals surface area contributed by atoms with Gasteiger partial charge in [-0.2, -0.15) is 18.2 Å². The predicted molar refractivity (Wildman–Crippen MR) is 127 cm³/mol. The quantitative estimate of drug-likeness (QED) is 0.414. The minimum atomic E-state index is -4.68. The highest BCUT2D eigenvalue weighted by atomic mass is 32.2. The van der Waals surface area contributed by atoms with Crippen LogP contribution >= 0.6 is 0 Å². The molecule has 0 bridgehead atoms. The molecular formula is C22H25F3N6O2S. The zero-order chi connectivity index (χ0) is 24.9. The van der Waals surface area contributed by atoms with E-state index in [0.717, 1.165) is 16.1 Å². The Labute approximate surface area is 196 Å². The summed E-state index contributed by atoms with van der Waals surface area (Å²) in [7, 11) is -0.348. The Morgan fingerprint density at radius 3 is 2.32 bits per heavy atom. The van der Waals surface area contributed by atoms with Crippen molar-refractivity contribution in [2.45, 2.75) is 19.3 Å². The molecule has 12 heteroatoms. The van der Waals surface area contributed by atoms with E-state index in [0.29, 0.717) is 29.7 Å². The van der Waals surface area contributed by atoms with Gasteiger partial charge in [0.2, 0.25) is 16.0 Å². The Balaban J connectivity index is 1.87. The summed E-state index contributed by atoms with van der Waals surface area (Å²) in [5.41, 5.74) is 1.46. The molecule has 0 amide bonds. The molecule has 0 aliphatic heterocycles. The van der Waals surface area contributed by atoms with Crippen LogP contribution in [0.5, 0.6) is 0 Å². The lowest BCUT2D eigenvalue weighted by atomic mass is 10.1. The Bertz CT molecular complexity index is 1230. The molecule has 0 atom stereocenters. The molecule has 0 unspecified atom stereocenters. The normalized spacial score (nSPS) is 11.8. The molecule has 34 heavy (non-hydrogen) atoms. The number of halogens is 3. The van der Waals surface area contributed by atoms with Gasteiger partial charge in [-0.1, -0.05) is 30.3 Å². The van der Waals surface area contributed by atoms with Crippen molar-refractivity contribution in [2.24, 2.45) is 0 Å². The molecular weight excluding hydrogens is 469 g/mol. The van der Waals surface area contributed by atoms with Gasteiger partial charge in [-0.25, -0.2) is 13.4 Å². The molecule has 2 aromatic carbocycles. The molecule has 3 aromatic rings. The number of aromatic nitrogens is 2. The maximum atomic E-state index is 13.6. The van der Waals surface area contributed by atoms with Crippen LogP contribution in [0.2, 0.25) is 0 Å². The summed E-state index contributed by atoms with van der Waals surface area (Å²) in [6.07, 6.45) is -2.92. The summed E-state index contributed by atoms with van der Waals surface area (Å²) in [5, 5.41) is 8.63. The summed E-state index contributed by atoms with van der Waals surface area (Å²) in [5.74, 6) is -0.438. The molecule has 0 fully saturated rings. The lowest BCUT2D eigenvalue weighted by Gasteiger charge is -2.21. The molecule has 0 spiro atoms. The molecule has 3 N–H and O–H groups in total. The summed E-state index contributed by atoms with van der Waals surface area (Å²) in [4.78, 5) is 7.84. The van der Waals surface area contributed by atoms with Crippen molar-refractivity contribution < 1.29 is 21.6 Å². The smallest absolute Gasteiger partial charge is 0.365 e. The van der Waals surface area contributed by atoms with Crippen LogP contribution in [-0.2, 0) is 29.3 Å². The maximum absolute atomic E-state index is 13.6. The summed E-state index contributed by atoms with van der Waals surface area (Å²) < 4.78 is 65.7. The standard InChI is InChI=1S/C22H25F3N6O2S/c1-26-12-15-8-10-17(11-9-15)29-21-28-14-18(22(23,24)25)20(30-21)27-13-16-6-4-5-7-19(16)31(2)34(3,32)33/h4-11,14,26H,12-13H2,1-3H3,(H2,27,28,29,30). The number of anilines is 4. The SMILES string of the molecule is CNCc1ccc(Nc2ncc(C(F)(F)F)c(NCc3ccccc3N(C)S(C)(=O)=O)n2)cc1. The number of nitrogens with zero attached hydrogens (tertiary/aromatic N) is 3. The Hall–Kier alpha value is -3.38. The van der Waals surface area contributed by atoms with Crippen molar-refractivity contribution in [2.75, 3.05) is 35.3 Å². The van der Waals surface area contributed by atoms with Gasteiger partial charge in [0.15, 0.2) is 0 Å². The van der Waals surface area contributed by atoms with Crippen LogP contribution in [0.25, 0.3) is 0 Å². The van der Waals surface area contributed by atoms with E-state index in [1.807, 2.05) is 19.2 Å². The van der Waals surface area contributed by atoms with Crippen molar-refractivity contribution in [1.82, 2.24) is 15.3 Å². The average Bonchev–Trinajstić information content (AvgIpc) is 2.77. The second-order valence-electron chi connectivity index (χ2n) is 7.52. The number of nitrogens with one attached hydrogen (secondary N) is 3. The van der Waals surface area contributed by atoms with Gasteiger partial charge >= 0.3 is 6.18 Å². The molecule has 0 aliphatic carbocycles. The first-order valence-electron chi connectivity index (χ1n) is 10.2. The highest BCUT2D eigenvalue weighted by Crippen LogP contribution is 2.34. The fourth-order valence-electron chi connectivity index (χ4n) is 3.15. The van der Waals surface area contributed by atoms with Crippen molar-refractivity contribution in [3.63, 3.8) is 0 Å². The molecule has 0 radical (unpaired) electrons. The van der Waals surface area contributed by atoms with Crippen molar-refractivity contribution >= 4 is 33.2 Å². The van der Waals surface area contributed by atoms with E-state index in [1.54, 1.807) is 36.4 Å². The van der Waals surface area contributed by atoms with E-state index >= 15 is 0 Å². The van der Waals surface area contributed by atoms with Gasteiger partial charge in [0.1, 0.15) is 11.4 Å². The molecule has 0 aliphatic rings. The van der Waals surface area contributed by atoms with Crippen molar-refractivity contribution in [1.29, 1.82) is 0 Å². The van der Waals surface area contributed by atoms with E-state index in [1.165, 1.54) is 7.05 Å². The number of alkyl halides is 3. The molecule has 0 saturated heterocycles. The van der Waals surface area contributed by atoms with Crippen LogP contribution in [0.1, 0.15) is 16.7 Å². The number of rotatable bonds is 9. The topological polar surface area (TPSA) is 99.3 Å². The fraction of sp³-hybridized carbons (Fsp3) is 0.273. The summed E-state index contributed by atoms with van der Waals surface area (Å²) in [6.45, 7) is 0.593. The van der Waals surface area contributed by atoms with E-state index in [9.17, 15) is 21.6 Å². The minimum Gasteiger partial charge on any atom is -0.365 e. The third kappa shape index (κ3) is 6.35. The number of sulfonamides is 1. The van der Waals surface area contributed by atoms with Gasteiger partial charge in [0, 0.05) is 32.0 Å². The number of hydrogen-bond acceptors (Lipinski definition) is 7. The van der Waals surface area contributed by atoms with E-state index < -0.39 is 27.6 Å². The van der Waals surface area contributed by atoms with Crippen LogP contribution in [0, 0.1) is 0 Å². The Morgan fingerprint density at radius 2 is 1.71 bits per heavy atom. The number of benzene rings is 2. The predicted octanol–water partition coefficient (Wildman–Crippen LogP) is 3.97. The van der Waals surface area contributed by atoms with Crippen LogP contribution < -0.4 is 20.3 Å². The summed E-state index contributed by atoms with van der Waals surface area (Å²) >= 11 is 0. The highest BCUT2D eigenvalue weighted by Gasteiger charge is 2.35. The molecule has 1 aromatic heterocycles. The highest BCUT2D eigenvalue weighted by molar-refractivity contribution is 7.92. The van der Waals surface area contributed by atoms with Crippen molar-refractivity contribution in [3.8, 4) is 0 Å². The largest absolute Gasteiger partial charge is 0.421 e. The summed E-state index contributed by atoms with van der Waals surface area (Å²) in [6, 6.07) is 13.8. The number of para-hydroxylation sites is 1. The zero-order valence-corrected chi connectivity index (χ0v) is 19.6. The lowest BCUT2D eigenvalue weighted by molar-refractivity contribution is -0.137. The second kappa shape index (κ2) is 10.3. The zero-order valence-electron chi connectivity index (χ0n) is 18.8. The first kappa shape index (κ1) is 25.2. The van der Waals surface area contributed by atoms with E-state index in [4.69, 9.17) is 0 Å². The Kier molecular flexibility index (Phi) is 7.62. The first-order chi connectivity index (χ1) is 16.0. The van der Waals surface area contributed by atoms with Gasteiger partial charge in [0.25, 0.3) is 0 Å².